The number of ketones is 1. The summed E-state index contributed by atoms with van der Waals surface area (Å²) in [5.41, 5.74) is 2.17. The van der Waals surface area contributed by atoms with Gasteiger partial charge in [0, 0.05) is 16.8 Å². The second-order valence-corrected chi connectivity index (χ2v) is 9.10. The Kier molecular flexibility index (Phi) is 4.14. The Labute approximate surface area is 161 Å². The van der Waals surface area contributed by atoms with Crippen molar-refractivity contribution in [2.75, 3.05) is 0 Å². The van der Waals surface area contributed by atoms with Crippen LogP contribution in [-0.4, -0.2) is 18.2 Å². The average Bonchev–Trinajstić information content (AvgIpc) is 2.92. The molecule has 0 aliphatic heterocycles. The van der Waals surface area contributed by atoms with Gasteiger partial charge in [-0.25, -0.2) is 12.4 Å². The van der Waals surface area contributed by atoms with Crippen LogP contribution in [0.4, 0.5) is 0 Å². The zero-order chi connectivity index (χ0) is 18.6. The molecular formula is C19H15Cl2NO3S. The summed E-state index contributed by atoms with van der Waals surface area (Å²) < 4.78 is 27.9. The van der Waals surface area contributed by atoms with Crippen molar-refractivity contribution in [3.05, 3.63) is 63.3 Å². The van der Waals surface area contributed by atoms with E-state index in [-0.39, 0.29) is 21.4 Å². The first-order valence-electron chi connectivity index (χ1n) is 8.18. The molecule has 1 aliphatic rings. The molecule has 0 saturated heterocycles. The van der Waals surface area contributed by atoms with E-state index in [0.29, 0.717) is 40.8 Å². The third kappa shape index (κ3) is 2.57. The molecule has 0 N–H and O–H groups in total. The lowest BCUT2D eigenvalue weighted by Gasteiger charge is -2.15. The molecule has 26 heavy (non-hydrogen) atoms. The molecule has 0 atom stereocenters. The van der Waals surface area contributed by atoms with Gasteiger partial charge in [0.05, 0.1) is 15.4 Å². The van der Waals surface area contributed by atoms with Crippen LogP contribution in [0, 0.1) is 6.92 Å². The zero-order valence-electron chi connectivity index (χ0n) is 13.9. The average molecular weight is 408 g/mol. The van der Waals surface area contributed by atoms with Crippen molar-refractivity contribution in [2.45, 2.75) is 31.1 Å². The van der Waals surface area contributed by atoms with E-state index in [4.69, 9.17) is 23.2 Å². The number of aryl methyl sites for hydroxylation is 2. The number of rotatable bonds is 2. The highest BCUT2D eigenvalue weighted by Crippen LogP contribution is 2.39. The third-order valence-electron chi connectivity index (χ3n) is 4.70. The van der Waals surface area contributed by atoms with E-state index in [2.05, 4.69) is 0 Å². The molecule has 1 aliphatic carbocycles. The number of carbonyl (C=O) groups excluding carboxylic acids is 1. The Balaban J connectivity index is 2.14. The molecule has 134 valence electrons. The standard InChI is InChI=1S/C19H15Cl2NO3S/c1-11-5-7-13(8-6-11)26(24,25)22-18-15(9-12(20)10-16(18)21)14-3-2-4-17(23)19(14)22/h5-10H,2-4H2,1H3. The minimum absolute atomic E-state index is 0.118. The summed E-state index contributed by atoms with van der Waals surface area (Å²) in [5, 5.41) is 1.25. The van der Waals surface area contributed by atoms with E-state index >= 15 is 0 Å². The lowest BCUT2D eigenvalue weighted by molar-refractivity contribution is 0.0967. The molecule has 0 unspecified atom stereocenters. The van der Waals surface area contributed by atoms with E-state index < -0.39 is 10.0 Å². The Hall–Kier alpha value is -1.82. The first-order chi connectivity index (χ1) is 12.3. The van der Waals surface area contributed by atoms with Crippen molar-refractivity contribution in [1.82, 2.24) is 3.97 Å². The highest BCUT2D eigenvalue weighted by molar-refractivity contribution is 7.90. The molecule has 0 bridgehead atoms. The van der Waals surface area contributed by atoms with Crippen LogP contribution >= 0.6 is 23.2 Å². The van der Waals surface area contributed by atoms with Gasteiger partial charge in [-0.2, -0.15) is 0 Å². The van der Waals surface area contributed by atoms with Gasteiger partial charge >= 0.3 is 0 Å². The summed E-state index contributed by atoms with van der Waals surface area (Å²) in [6, 6.07) is 9.72. The molecule has 3 aromatic rings. The summed E-state index contributed by atoms with van der Waals surface area (Å²) >= 11 is 12.5. The summed E-state index contributed by atoms with van der Waals surface area (Å²) in [5.74, 6) is -0.190. The summed E-state index contributed by atoms with van der Waals surface area (Å²) in [4.78, 5) is 12.8. The smallest absolute Gasteiger partial charge is 0.268 e. The molecule has 4 rings (SSSR count). The fourth-order valence-corrected chi connectivity index (χ4v) is 5.71. The van der Waals surface area contributed by atoms with Gasteiger partial charge < -0.3 is 0 Å². The van der Waals surface area contributed by atoms with E-state index in [1.807, 2.05) is 6.92 Å². The number of nitrogens with zero attached hydrogens (tertiary/aromatic N) is 1. The summed E-state index contributed by atoms with van der Waals surface area (Å²) in [7, 11) is -3.98. The van der Waals surface area contributed by atoms with Crippen LogP contribution in [0.25, 0.3) is 10.9 Å². The number of fused-ring (bicyclic) bond motifs is 3. The van der Waals surface area contributed by atoms with Crippen LogP contribution in [0.2, 0.25) is 10.0 Å². The number of benzene rings is 2. The lowest BCUT2D eigenvalue weighted by atomic mass is 9.95. The van der Waals surface area contributed by atoms with Crippen molar-refractivity contribution >= 4 is 49.9 Å². The number of halogens is 2. The van der Waals surface area contributed by atoms with Gasteiger partial charge in [0.1, 0.15) is 5.69 Å². The van der Waals surface area contributed by atoms with Crippen LogP contribution in [-0.2, 0) is 16.4 Å². The monoisotopic (exact) mass is 407 g/mol. The highest BCUT2D eigenvalue weighted by Gasteiger charge is 2.33. The topological polar surface area (TPSA) is 56.1 Å². The normalized spacial score (nSPS) is 14.7. The quantitative estimate of drug-likeness (QED) is 0.599. The predicted molar refractivity (Wildman–Crippen MR) is 103 cm³/mol. The first kappa shape index (κ1) is 17.6. The van der Waals surface area contributed by atoms with Gasteiger partial charge in [0.15, 0.2) is 5.78 Å². The van der Waals surface area contributed by atoms with Crippen LogP contribution in [0.5, 0.6) is 0 Å². The Bertz CT molecular complexity index is 1160. The summed E-state index contributed by atoms with van der Waals surface area (Å²) in [6.07, 6.45) is 1.61. The number of carbonyl (C=O) groups is 1. The number of aromatic nitrogens is 1. The van der Waals surface area contributed by atoms with Gasteiger partial charge in [-0.3, -0.25) is 4.79 Å². The van der Waals surface area contributed by atoms with E-state index in [0.717, 1.165) is 9.54 Å². The van der Waals surface area contributed by atoms with Crippen molar-refractivity contribution in [3.63, 3.8) is 0 Å². The molecule has 4 nitrogen and oxygen atoms in total. The Morgan fingerprint density at radius 3 is 2.42 bits per heavy atom. The van der Waals surface area contributed by atoms with Crippen LogP contribution in [0.1, 0.15) is 34.5 Å². The second kappa shape index (κ2) is 6.12. The first-order valence-corrected chi connectivity index (χ1v) is 10.4. The number of hydrogen-bond acceptors (Lipinski definition) is 3. The molecule has 0 saturated carbocycles. The molecule has 2 aromatic carbocycles. The van der Waals surface area contributed by atoms with Gasteiger partial charge in [-0.15, -0.1) is 0 Å². The molecule has 7 heteroatoms. The van der Waals surface area contributed by atoms with E-state index in [9.17, 15) is 13.2 Å². The maximum atomic E-state index is 13.4. The molecule has 0 radical (unpaired) electrons. The minimum atomic E-state index is -3.98. The van der Waals surface area contributed by atoms with Crippen molar-refractivity contribution in [2.24, 2.45) is 0 Å². The summed E-state index contributed by atoms with van der Waals surface area (Å²) in [6.45, 7) is 1.88. The van der Waals surface area contributed by atoms with Gasteiger partial charge in [0.25, 0.3) is 10.0 Å². The Morgan fingerprint density at radius 2 is 1.73 bits per heavy atom. The lowest BCUT2D eigenvalue weighted by Crippen LogP contribution is -2.21. The highest BCUT2D eigenvalue weighted by atomic mass is 35.5. The minimum Gasteiger partial charge on any atom is -0.292 e. The van der Waals surface area contributed by atoms with Crippen LogP contribution in [0.3, 0.4) is 0 Å². The SMILES string of the molecule is Cc1ccc(S(=O)(=O)n2c3c(c4cc(Cl)cc(Cl)c42)CCCC3=O)cc1. The Morgan fingerprint density at radius 1 is 1.04 bits per heavy atom. The third-order valence-corrected chi connectivity index (χ3v) is 6.92. The van der Waals surface area contributed by atoms with Crippen molar-refractivity contribution < 1.29 is 13.2 Å². The van der Waals surface area contributed by atoms with Gasteiger partial charge in [0.2, 0.25) is 0 Å². The van der Waals surface area contributed by atoms with Crippen LogP contribution < -0.4 is 0 Å². The maximum Gasteiger partial charge on any atom is 0.268 e. The van der Waals surface area contributed by atoms with E-state index in [1.165, 1.54) is 6.07 Å². The van der Waals surface area contributed by atoms with Gasteiger partial charge in [-0.1, -0.05) is 40.9 Å². The maximum absolute atomic E-state index is 13.4. The van der Waals surface area contributed by atoms with Gasteiger partial charge in [-0.05, 0) is 49.6 Å². The largest absolute Gasteiger partial charge is 0.292 e. The number of hydrogen-bond donors (Lipinski definition) is 0. The van der Waals surface area contributed by atoms with Crippen molar-refractivity contribution in [1.29, 1.82) is 0 Å². The van der Waals surface area contributed by atoms with Crippen LogP contribution in [0.15, 0.2) is 41.3 Å². The predicted octanol–water partition coefficient (Wildman–Crippen LogP) is 5.01. The second-order valence-electron chi connectivity index (χ2n) is 6.47. The molecule has 0 fully saturated rings. The van der Waals surface area contributed by atoms with Crippen molar-refractivity contribution in [3.8, 4) is 0 Å². The molecular weight excluding hydrogens is 393 g/mol. The van der Waals surface area contributed by atoms with E-state index in [1.54, 1.807) is 30.3 Å². The molecule has 1 aromatic heterocycles. The molecule has 0 spiro atoms. The number of Topliss-reactive ketones (excluding diaryl/α,β-unsaturated/α-hetero) is 1. The zero-order valence-corrected chi connectivity index (χ0v) is 16.2. The molecule has 1 heterocycles. The molecule has 0 amide bonds. The fraction of sp³-hybridized carbons (Fsp3) is 0.211. The fourth-order valence-electron chi connectivity index (χ4n) is 3.50.